The average Bonchev–Trinajstić information content (AvgIpc) is 2.37. The Labute approximate surface area is 121 Å². The fourth-order valence-electron chi connectivity index (χ4n) is 1.67. The molecule has 0 atom stereocenters. The van der Waals surface area contributed by atoms with Crippen LogP contribution >= 0.6 is 11.6 Å². The van der Waals surface area contributed by atoms with E-state index in [9.17, 15) is 13.2 Å². The van der Waals surface area contributed by atoms with Gasteiger partial charge in [0.05, 0.1) is 13.7 Å². The maximum Gasteiger partial charge on any atom is 0.401 e. The van der Waals surface area contributed by atoms with Crippen LogP contribution in [0, 0.1) is 0 Å². The van der Waals surface area contributed by atoms with Gasteiger partial charge in [-0.3, -0.25) is 4.90 Å². The molecule has 20 heavy (non-hydrogen) atoms. The summed E-state index contributed by atoms with van der Waals surface area (Å²) in [6, 6.07) is 6.98. The van der Waals surface area contributed by atoms with Gasteiger partial charge in [-0.05, 0) is 12.1 Å². The van der Waals surface area contributed by atoms with E-state index >= 15 is 0 Å². The molecule has 0 saturated heterocycles. The number of rotatable bonds is 8. The minimum atomic E-state index is -4.24. The predicted octanol–water partition coefficient (Wildman–Crippen LogP) is 3.18. The van der Waals surface area contributed by atoms with Gasteiger partial charge in [0.15, 0.2) is 11.5 Å². The van der Waals surface area contributed by atoms with Crippen molar-refractivity contribution in [3.8, 4) is 11.5 Å². The second-order valence-corrected chi connectivity index (χ2v) is 4.46. The lowest BCUT2D eigenvalue weighted by atomic mass is 10.3. The van der Waals surface area contributed by atoms with Crippen molar-refractivity contribution in [2.24, 2.45) is 0 Å². The molecule has 0 amide bonds. The molecule has 0 spiro atoms. The first-order chi connectivity index (χ1) is 9.46. The molecule has 1 aromatic carbocycles. The Morgan fingerprint density at radius 1 is 1.15 bits per heavy atom. The zero-order valence-electron chi connectivity index (χ0n) is 11.1. The average molecular weight is 312 g/mol. The van der Waals surface area contributed by atoms with Gasteiger partial charge >= 0.3 is 6.18 Å². The first-order valence-electron chi connectivity index (χ1n) is 6.07. The SMILES string of the molecule is COc1ccccc1OCCN(CCCl)CC(F)(F)F. The third kappa shape index (κ3) is 6.34. The molecule has 3 nitrogen and oxygen atoms in total. The summed E-state index contributed by atoms with van der Waals surface area (Å²) in [4.78, 5) is 1.21. The number of alkyl halides is 4. The van der Waals surface area contributed by atoms with Crippen molar-refractivity contribution in [2.45, 2.75) is 6.18 Å². The monoisotopic (exact) mass is 311 g/mol. The number of methoxy groups -OCH3 is 1. The van der Waals surface area contributed by atoms with Crippen molar-refractivity contribution in [2.75, 3.05) is 39.2 Å². The molecule has 0 aliphatic heterocycles. The molecule has 0 heterocycles. The standard InChI is InChI=1S/C13H17ClF3NO2/c1-19-11-4-2-3-5-12(11)20-9-8-18(7-6-14)10-13(15,16)17/h2-5H,6-10H2,1H3. The summed E-state index contributed by atoms with van der Waals surface area (Å²) in [6.45, 7) is -0.553. The van der Waals surface area contributed by atoms with Crippen molar-refractivity contribution >= 4 is 11.6 Å². The number of hydrogen-bond donors (Lipinski definition) is 0. The van der Waals surface area contributed by atoms with Crippen LogP contribution in [-0.4, -0.2) is 50.3 Å². The highest BCUT2D eigenvalue weighted by Gasteiger charge is 2.30. The van der Waals surface area contributed by atoms with E-state index in [4.69, 9.17) is 21.1 Å². The van der Waals surface area contributed by atoms with Crippen LogP contribution in [0.15, 0.2) is 24.3 Å². The lowest BCUT2D eigenvalue weighted by molar-refractivity contribution is -0.145. The van der Waals surface area contributed by atoms with Gasteiger partial charge < -0.3 is 9.47 Å². The maximum absolute atomic E-state index is 12.4. The van der Waals surface area contributed by atoms with Crippen LogP contribution in [0.4, 0.5) is 13.2 Å². The van der Waals surface area contributed by atoms with Crippen molar-refractivity contribution in [3.63, 3.8) is 0 Å². The number of para-hydroxylation sites is 2. The molecule has 114 valence electrons. The molecular formula is C13H17ClF3NO2. The Kier molecular flexibility index (Phi) is 6.95. The molecular weight excluding hydrogens is 295 g/mol. The molecule has 0 saturated carbocycles. The maximum atomic E-state index is 12.4. The number of hydrogen-bond acceptors (Lipinski definition) is 3. The van der Waals surface area contributed by atoms with Crippen molar-refractivity contribution in [1.29, 1.82) is 0 Å². The van der Waals surface area contributed by atoms with Crippen LogP contribution in [0.5, 0.6) is 11.5 Å². The molecule has 0 radical (unpaired) electrons. The molecule has 1 rings (SSSR count). The predicted molar refractivity (Wildman–Crippen MR) is 71.7 cm³/mol. The normalized spacial score (nSPS) is 11.7. The minimum absolute atomic E-state index is 0.132. The molecule has 7 heteroatoms. The Morgan fingerprint density at radius 3 is 2.35 bits per heavy atom. The van der Waals surface area contributed by atoms with Gasteiger partial charge in [0.1, 0.15) is 6.61 Å². The quantitative estimate of drug-likeness (QED) is 0.688. The fourth-order valence-corrected chi connectivity index (χ4v) is 1.90. The summed E-state index contributed by atoms with van der Waals surface area (Å²) in [7, 11) is 1.51. The van der Waals surface area contributed by atoms with Crippen molar-refractivity contribution in [1.82, 2.24) is 4.90 Å². The fraction of sp³-hybridized carbons (Fsp3) is 0.538. The molecule has 0 unspecified atom stereocenters. The largest absolute Gasteiger partial charge is 0.493 e. The summed E-state index contributed by atoms with van der Waals surface area (Å²) in [5.74, 6) is 1.20. The lowest BCUT2D eigenvalue weighted by Gasteiger charge is -2.22. The van der Waals surface area contributed by atoms with E-state index in [-0.39, 0.29) is 25.6 Å². The third-order valence-electron chi connectivity index (χ3n) is 2.54. The Bertz CT molecular complexity index is 401. The second kappa shape index (κ2) is 8.21. The molecule has 0 N–H and O–H groups in total. The van der Waals surface area contributed by atoms with E-state index < -0.39 is 12.7 Å². The summed E-state index contributed by atoms with van der Waals surface area (Å²) in [5, 5.41) is 0. The zero-order chi connectivity index (χ0) is 15.0. The number of nitrogens with zero attached hydrogens (tertiary/aromatic N) is 1. The van der Waals surface area contributed by atoms with Gasteiger partial charge in [0.25, 0.3) is 0 Å². The highest BCUT2D eigenvalue weighted by Crippen LogP contribution is 2.25. The number of ether oxygens (including phenoxy) is 2. The van der Waals surface area contributed by atoms with Crippen LogP contribution in [0.2, 0.25) is 0 Å². The zero-order valence-corrected chi connectivity index (χ0v) is 11.9. The van der Waals surface area contributed by atoms with Gasteiger partial charge in [-0.1, -0.05) is 12.1 Å². The minimum Gasteiger partial charge on any atom is -0.493 e. The van der Waals surface area contributed by atoms with E-state index in [0.29, 0.717) is 11.5 Å². The lowest BCUT2D eigenvalue weighted by Crippen LogP contribution is -2.38. The number of halogens is 4. The van der Waals surface area contributed by atoms with E-state index in [1.165, 1.54) is 12.0 Å². The Morgan fingerprint density at radius 2 is 1.80 bits per heavy atom. The van der Waals surface area contributed by atoms with E-state index in [2.05, 4.69) is 0 Å². The van der Waals surface area contributed by atoms with Crippen LogP contribution < -0.4 is 9.47 Å². The smallest absolute Gasteiger partial charge is 0.401 e. The van der Waals surface area contributed by atoms with E-state index in [1.54, 1.807) is 24.3 Å². The summed E-state index contributed by atoms with van der Waals surface area (Å²) in [6.07, 6.45) is -4.24. The molecule has 0 fully saturated rings. The third-order valence-corrected chi connectivity index (χ3v) is 2.71. The van der Waals surface area contributed by atoms with E-state index in [0.717, 1.165) is 0 Å². The summed E-state index contributed by atoms with van der Waals surface area (Å²) < 4.78 is 47.6. The molecule has 0 aliphatic carbocycles. The molecule has 0 aliphatic rings. The van der Waals surface area contributed by atoms with Crippen LogP contribution in [-0.2, 0) is 0 Å². The van der Waals surface area contributed by atoms with E-state index in [1.807, 2.05) is 0 Å². The molecule has 0 bridgehead atoms. The highest BCUT2D eigenvalue weighted by atomic mass is 35.5. The van der Waals surface area contributed by atoms with Gasteiger partial charge in [-0.25, -0.2) is 0 Å². The van der Waals surface area contributed by atoms with Gasteiger partial charge in [-0.2, -0.15) is 13.2 Å². The highest BCUT2D eigenvalue weighted by molar-refractivity contribution is 6.18. The first-order valence-corrected chi connectivity index (χ1v) is 6.60. The first kappa shape index (κ1) is 16.9. The van der Waals surface area contributed by atoms with Crippen LogP contribution in [0.3, 0.4) is 0 Å². The van der Waals surface area contributed by atoms with Crippen molar-refractivity contribution < 1.29 is 22.6 Å². The van der Waals surface area contributed by atoms with Gasteiger partial charge in [0.2, 0.25) is 0 Å². The van der Waals surface area contributed by atoms with Gasteiger partial charge in [-0.15, -0.1) is 11.6 Å². The van der Waals surface area contributed by atoms with Crippen LogP contribution in [0.1, 0.15) is 0 Å². The molecule has 1 aromatic rings. The second-order valence-electron chi connectivity index (χ2n) is 4.08. The summed E-state index contributed by atoms with van der Waals surface area (Å²) >= 11 is 5.50. The van der Waals surface area contributed by atoms with Crippen molar-refractivity contribution in [3.05, 3.63) is 24.3 Å². The number of benzene rings is 1. The molecule has 0 aromatic heterocycles. The Hall–Kier alpha value is -1.14. The van der Waals surface area contributed by atoms with Crippen LogP contribution in [0.25, 0.3) is 0 Å². The van der Waals surface area contributed by atoms with Gasteiger partial charge in [0, 0.05) is 19.0 Å². The summed E-state index contributed by atoms with van der Waals surface area (Å²) in [5.41, 5.74) is 0. The topological polar surface area (TPSA) is 21.7 Å². The Balaban J connectivity index is 2.47.